The summed E-state index contributed by atoms with van der Waals surface area (Å²) in [6.07, 6.45) is 1.62. The molecule has 24 heavy (non-hydrogen) atoms. The van der Waals surface area contributed by atoms with Crippen molar-refractivity contribution in [3.63, 3.8) is 0 Å². The number of ether oxygens (including phenoxy) is 2. The molecule has 1 aliphatic rings. The Morgan fingerprint density at radius 2 is 2.04 bits per heavy atom. The van der Waals surface area contributed by atoms with Crippen molar-refractivity contribution >= 4 is 21.8 Å². The van der Waals surface area contributed by atoms with E-state index in [0.717, 1.165) is 10.0 Å². The summed E-state index contributed by atoms with van der Waals surface area (Å²) in [5.41, 5.74) is 0.752. The molecule has 0 unspecified atom stereocenters. The number of carbonyl (C=O) groups excluding carboxylic acids is 1. The number of pyridine rings is 1. The number of amides is 1. The highest BCUT2D eigenvalue weighted by atomic mass is 79.9. The Kier molecular flexibility index (Phi) is 4.89. The van der Waals surface area contributed by atoms with E-state index in [0.29, 0.717) is 24.6 Å². The standard InChI is InChI=1S/C17H17BrN2O4/c1-2-19(8-12-3-5-14-15(7-12)24-11-23-14)17(22)10-20-9-13(18)4-6-16(20)21/h3-7,9H,2,8,10-11H2,1H3. The van der Waals surface area contributed by atoms with Crippen molar-refractivity contribution < 1.29 is 14.3 Å². The number of aromatic nitrogens is 1. The zero-order valence-electron chi connectivity index (χ0n) is 13.2. The van der Waals surface area contributed by atoms with E-state index in [1.807, 2.05) is 25.1 Å². The Balaban J connectivity index is 1.72. The molecule has 2 aromatic rings. The van der Waals surface area contributed by atoms with Crippen LogP contribution in [0.4, 0.5) is 0 Å². The molecule has 0 atom stereocenters. The third kappa shape index (κ3) is 3.62. The number of likely N-dealkylation sites (N-methyl/N-ethyl adjacent to an activating group) is 1. The average molecular weight is 393 g/mol. The summed E-state index contributed by atoms with van der Waals surface area (Å²) in [4.78, 5) is 26.1. The van der Waals surface area contributed by atoms with Gasteiger partial charge in [0.1, 0.15) is 6.54 Å². The first kappa shape index (κ1) is 16.6. The number of benzene rings is 1. The molecule has 1 aliphatic heterocycles. The van der Waals surface area contributed by atoms with E-state index in [2.05, 4.69) is 15.9 Å². The summed E-state index contributed by atoms with van der Waals surface area (Å²) in [6, 6.07) is 8.73. The van der Waals surface area contributed by atoms with E-state index in [-0.39, 0.29) is 24.8 Å². The summed E-state index contributed by atoms with van der Waals surface area (Å²) < 4.78 is 12.8. The maximum atomic E-state index is 12.5. The predicted molar refractivity (Wildman–Crippen MR) is 92.1 cm³/mol. The van der Waals surface area contributed by atoms with E-state index in [1.54, 1.807) is 17.2 Å². The number of rotatable bonds is 5. The second-order valence-corrected chi connectivity index (χ2v) is 6.32. The number of hydrogen-bond donors (Lipinski definition) is 0. The Morgan fingerprint density at radius 1 is 1.25 bits per heavy atom. The van der Waals surface area contributed by atoms with Gasteiger partial charge in [-0.1, -0.05) is 6.07 Å². The van der Waals surface area contributed by atoms with Crippen LogP contribution in [0.25, 0.3) is 0 Å². The van der Waals surface area contributed by atoms with Gasteiger partial charge < -0.3 is 18.9 Å². The molecule has 0 spiro atoms. The van der Waals surface area contributed by atoms with E-state index in [1.165, 1.54) is 10.6 Å². The quantitative estimate of drug-likeness (QED) is 0.783. The Bertz CT molecular complexity index is 818. The summed E-state index contributed by atoms with van der Waals surface area (Å²) in [7, 11) is 0. The predicted octanol–water partition coefficient (Wildman–Crippen LogP) is 2.39. The van der Waals surface area contributed by atoms with Gasteiger partial charge in [-0.25, -0.2) is 0 Å². The number of fused-ring (bicyclic) bond motifs is 1. The highest BCUT2D eigenvalue weighted by molar-refractivity contribution is 9.10. The Labute approximate surface area is 147 Å². The minimum Gasteiger partial charge on any atom is -0.454 e. The van der Waals surface area contributed by atoms with Crippen LogP contribution in [0, 0.1) is 0 Å². The monoisotopic (exact) mass is 392 g/mol. The minimum atomic E-state index is -0.203. The van der Waals surface area contributed by atoms with Gasteiger partial charge in [0, 0.05) is 29.8 Å². The van der Waals surface area contributed by atoms with Gasteiger partial charge in [-0.2, -0.15) is 0 Å². The fourth-order valence-corrected chi connectivity index (χ4v) is 2.89. The molecule has 1 aromatic carbocycles. The van der Waals surface area contributed by atoms with Gasteiger partial charge in [-0.05, 0) is 46.6 Å². The molecule has 0 fully saturated rings. The van der Waals surface area contributed by atoms with Crippen molar-refractivity contribution in [3.05, 3.63) is 56.9 Å². The number of nitrogens with zero attached hydrogens (tertiary/aromatic N) is 2. The van der Waals surface area contributed by atoms with Crippen LogP contribution < -0.4 is 15.0 Å². The summed E-state index contributed by atoms with van der Waals surface area (Å²) in [6.45, 7) is 3.15. The lowest BCUT2D eigenvalue weighted by Gasteiger charge is -2.21. The van der Waals surface area contributed by atoms with Crippen molar-refractivity contribution in [1.82, 2.24) is 9.47 Å². The van der Waals surface area contributed by atoms with Crippen molar-refractivity contribution in [1.29, 1.82) is 0 Å². The molecule has 7 heteroatoms. The maximum Gasteiger partial charge on any atom is 0.251 e. The third-order valence-electron chi connectivity index (χ3n) is 3.80. The number of halogens is 1. The molecule has 1 aromatic heterocycles. The van der Waals surface area contributed by atoms with Crippen molar-refractivity contribution in [2.24, 2.45) is 0 Å². The van der Waals surface area contributed by atoms with Gasteiger partial charge in [0.15, 0.2) is 11.5 Å². The molecule has 0 N–H and O–H groups in total. The van der Waals surface area contributed by atoms with Crippen molar-refractivity contribution in [2.45, 2.75) is 20.0 Å². The van der Waals surface area contributed by atoms with E-state index < -0.39 is 0 Å². The minimum absolute atomic E-state index is 0.0106. The highest BCUT2D eigenvalue weighted by Crippen LogP contribution is 2.32. The first-order valence-electron chi connectivity index (χ1n) is 7.59. The van der Waals surface area contributed by atoms with Gasteiger partial charge >= 0.3 is 0 Å². The van der Waals surface area contributed by atoms with Gasteiger partial charge in [-0.15, -0.1) is 0 Å². The van der Waals surface area contributed by atoms with Crippen LogP contribution in [0.5, 0.6) is 11.5 Å². The van der Waals surface area contributed by atoms with Crippen LogP contribution in [0.3, 0.4) is 0 Å². The van der Waals surface area contributed by atoms with Gasteiger partial charge in [0.05, 0.1) is 0 Å². The lowest BCUT2D eigenvalue weighted by Crippen LogP contribution is -2.35. The Hall–Kier alpha value is -2.28. The van der Waals surface area contributed by atoms with Crippen LogP contribution in [0.1, 0.15) is 12.5 Å². The first-order valence-corrected chi connectivity index (χ1v) is 8.38. The highest BCUT2D eigenvalue weighted by Gasteiger charge is 2.17. The molecule has 0 aliphatic carbocycles. The molecular formula is C17H17BrN2O4. The fraction of sp³-hybridized carbons (Fsp3) is 0.294. The molecule has 126 valence electrons. The smallest absolute Gasteiger partial charge is 0.251 e. The van der Waals surface area contributed by atoms with Crippen LogP contribution in [-0.4, -0.2) is 28.7 Å². The van der Waals surface area contributed by atoms with Crippen LogP contribution in [-0.2, 0) is 17.9 Å². The van der Waals surface area contributed by atoms with Gasteiger partial charge in [0.2, 0.25) is 12.7 Å². The third-order valence-corrected chi connectivity index (χ3v) is 4.27. The lowest BCUT2D eigenvalue weighted by molar-refractivity contribution is -0.132. The topological polar surface area (TPSA) is 60.8 Å². The molecule has 0 saturated carbocycles. The SMILES string of the molecule is CCN(Cc1ccc2c(c1)OCO2)C(=O)Cn1cc(Br)ccc1=O. The maximum absolute atomic E-state index is 12.5. The molecule has 1 amide bonds. The fourth-order valence-electron chi connectivity index (χ4n) is 2.51. The number of hydrogen-bond acceptors (Lipinski definition) is 4. The first-order chi connectivity index (χ1) is 11.6. The molecule has 0 radical (unpaired) electrons. The molecule has 6 nitrogen and oxygen atoms in total. The van der Waals surface area contributed by atoms with Gasteiger partial charge in [-0.3, -0.25) is 9.59 Å². The lowest BCUT2D eigenvalue weighted by atomic mass is 10.2. The molecular weight excluding hydrogens is 376 g/mol. The number of carbonyl (C=O) groups is 1. The summed E-state index contributed by atoms with van der Waals surface area (Å²) >= 11 is 3.31. The molecule has 0 saturated heterocycles. The van der Waals surface area contributed by atoms with Crippen LogP contribution in [0.15, 0.2) is 45.8 Å². The Morgan fingerprint density at radius 3 is 2.83 bits per heavy atom. The van der Waals surface area contributed by atoms with E-state index in [4.69, 9.17) is 9.47 Å². The van der Waals surface area contributed by atoms with Crippen molar-refractivity contribution in [2.75, 3.05) is 13.3 Å². The average Bonchev–Trinajstić information content (AvgIpc) is 3.03. The normalized spacial score (nSPS) is 12.2. The van der Waals surface area contributed by atoms with E-state index in [9.17, 15) is 9.59 Å². The second kappa shape index (κ2) is 7.09. The van der Waals surface area contributed by atoms with Crippen molar-refractivity contribution in [3.8, 4) is 11.5 Å². The molecule has 0 bridgehead atoms. The zero-order valence-corrected chi connectivity index (χ0v) is 14.8. The molecule has 3 rings (SSSR count). The zero-order chi connectivity index (χ0) is 17.1. The van der Waals surface area contributed by atoms with Gasteiger partial charge in [0.25, 0.3) is 5.56 Å². The molecule has 2 heterocycles. The van der Waals surface area contributed by atoms with Crippen LogP contribution in [0.2, 0.25) is 0 Å². The summed E-state index contributed by atoms with van der Waals surface area (Å²) in [5.74, 6) is 1.29. The summed E-state index contributed by atoms with van der Waals surface area (Å²) in [5, 5.41) is 0. The van der Waals surface area contributed by atoms with Crippen LogP contribution >= 0.6 is 15.9 Å². The largest absolute Gasteiger partial charge is 0.454 e. The van der Waals surface area contributed by atoms with E-state index >= 15 is 0 Å². The second-order valence-electron chi connectivity index (χ2n) is 5.41.